The lowest BCUT2D eigenvalue weighted by Gasteiger charge is -2.51. The quantitative estimate of drug-likeness (QED) is 0.440. The third-order valence-corrected chi connectivity index (χ3v) is 7.56. The van der Waals surface area contributed by atoms with Gasteiger partial charge in [0, 0.05) is 11.1 Å². The second-order valence-electron chi connectivity index (χ2n) is 7.80. The maximum atomic E-state index is 12.8. The van der Waals surface area contributed by atoms with E-state index in [9.17, 15) is 19.5 Å². The number of methoxy groups -OCH3 is 1. The Morgan fingerprint density at radius 2 is 1.82 bits per heavy atom. The summed E-state index contributed by atoms with van der Waals surface area (Å²) in [7, 11) is 1.59. The highest BCUT2D eigenvalue weighted by Crippen LogP contribution is 2.45. The van der Waals surface area contributed by atoms with Gasteiger partial charge in [0.1, 0.15) is 22.9 Å². The fourth-order valence-corrected chi connectivity index (χ4v) is 6.14. The van der Waals surface area contributed by atoms with Crippen LogP contribution in [0, 0.1) is 0 Å². The monoisotopic (exact) mass is 486 g/mol. The molecule has 3 atom stereocenters. The largest absolute Gasteiger partial charge is 0.497 e. The first-order valence-electron chi connectivity index (χ1n) is 10.4. The zero-order chi connectivity index (χ0) is 23.5. The molecule has 172 valence electrons. The maximum Gasteiger partial charge on any atom is 0.352 e. The minimum atomic E-state index is -1.20. The van der Waals surface area contributed by atoms with Crippen LogP contribution in [0.1, 0.15) is 11.1 Å². The van der Waals surface area contributed by atoms with Crippen LogP contribution < -0.4 is 10.1 Å². The molecule has 0 aliphatic carbocycles. The number of nitrogens with one attached hydrogen (secondary N) is 1. The summed E-state index contributed by atoms with van der Waals surface area (Å²) in [5.41, 5.74) is 2.25. The summed E-state index contributed by atoms with van der Waals surface area (Å²) in [6.45, 7) is 0. The second kappa shape index (κ2) is 9.89. The Labute approximate surface area is 200 Å². The van der Waals surface area contributed by atoms with Crippen LogP contribution in [-0.2, 0) is 27.2 Å². The van der Waals surface area contributed by atoms with E-state index >= 15 is 0 Å². The number of hydrogen-bond acceptors (Lipinski definition) is 5. The number of ether oxygens (including phenoxy) is 1. The fourth-order valence-electron chi connectivity index (χ4n) is 4.07. The van der Waals surface area contributed by atoms with Gasteiger partial charge >= 0.3 is 5.97 Å². The molecule has 0 aromatic heterocycles. The van der Waals surface area contributed by atoms with Crippen LogP contribution in [-0.4, -0.2) is 57.4 Å². The van der Waals surface area contributed by atoms with Crippen molar-refractivity contribution in [3.05, 3.63) is 77.0 Å². The molecular weight excluding hydrogens is 464 g/mol. The Morgan fingerprint density at radius 1 is 1.12 bits per heavy atom. The molecule has 0 bridgehead atoms. The number of β-lactam (4-membered cyclic amide) rings is 1. The number of carbonyl (C=O) groups is 3. The predicted molar refractivity (Wildman–Crippen MR) is 126 cm³/mol. The third kappa shape index (κ3) is 4.72. The summed E-state index contributed by atoms with van der Waals surface area (Å²) in [5.74, 6) is -1.19. The van der Waals surface area contributed by atoms with Crippen molar-refractivity contribution in [2.45, 2.75) is 29.5 Å². The van der Waals surface area contributed by atoms with Gasteiger partial charge in [0.05, 0.1) is 13.5 Å². The Hall–Kier alpha value is -2.97. The topological polar surface area (TPSA) is 95.9 Å². The number of alkyl halides is 1. The van der Waals surface area contributed by atoms with E-state index in [0.29, 0.717) is 12.0 Å². The van der Waals surface area contributed by atoms with Crippen molar-refractivity contribution in [1.82, 2.24) is 10.2 Å². The molecule has 0 saturated carbocycles. The summed E-state index contributed by atoms with van der Waals surface area (Å²) in [6, 6.07) is 16.0. The Balaban J connectivity index is 1.54. The first-order chi connectivity index (χ1) is 15.9. The van der Waals surface area contributed by atoms with Crippen molar-refractivity contribution in [2.24, 2.45) is 0 Å². The van der Waals surface area contributed by atoms with E-state index in [1.54, 1.807) is 7.11 Å². The number of halogens is 1. The van der Waals surface area contributed by atoms with Crippen LogP contribution in [0.3, 0.4) is 0 Å². The number of amides is 2. The average molecular weight is 487 g/mol. The lowest BCUT2D eigenvalue weighted by molar-refractivity contribution is -0.150. The summed E-state index contributed by atoms with van der Waals surface area (Å²) >= 11 is 7.61. The average Bonchev–Trinajstić information content (AvgIpc) is 2.82. The van der Waals surface area contributed by atoms with Gasteiger partial charge in [0.15, 0.2) is 0 Å². The van der Waals surface area contributed by atoms with E-state index in [0.717, 1.165) is 16.9 Å². The van der Waals surface area contributed by atoms with Gasteiger partial charge in [0.25, 0.3) is 5.91 Å². The molecule has 2 aromatic carbocycles. The van der Waals surface area contributed by atoms with E-state index < -0.39 is 23.3 Å². The lowest BCUT2D eigenvalue weighted by Crippen LogP contribution is -2.71. The highest BCUT2D eigenvalue weighted by molar-refractivity contribution is 8.00. The highest BCUT2D eigenvalue weighted by atomic mass is 35.5. The standard InChI is InChI=1S/C24H23ClN2O5S/c1-32-16-9-7-15(8-10-16)11-18-17(13-25)21(24(30)31)27-22(29)20(23(27)33-18)26-19(28)12-14-5-3-2-4-6-14/h2-10,18,20,23H,11-13H2,1H3,(H,26,28)(H,30,31)/t18?,20?,23-/m1/s1. The zero-order valence-corrected chi connectivity index (χ0v) is 19.4. The number of rotatable bonds is 8. The van der Waals surface area contributed by atoms with Crippen molar-refractivity contribution in [1.29, 1.82) is 0 Å². The Kier molecular flexibility index (Phi) is 6.95. The first-order valence-corrected chi connectivity index (χ1v) is 11.9. The van der Waals surface area contributed by atoms with E-state index in [2.05, 4.69) is 5.32 Å². The number of carboxylic acids is 1. The van der Waals surface area contributed by atoms with Crippen molar-refractivity contribution in [3.8, 4) is 5.75 Å². The van der Waals surface area contributed by atoms with Gasteiger partial charge in [-0.3, -0.25) is 14.5 Å². The van der Waals surface area contributed by atoms with E-state index in [1.165, 1.54) is 16.7 Å². The smallest absolute Gasteiger partial charge is 0.352 e. The molecule has 2 aliphatic rings. The minimum absolute atomic E-state index is 0.00299. The molecule has 1 fully saturated rings. The van der Waals surface area contributed by atoms with Crippen molar-refractivity contribution >= 4 is 41.1 Å². The number of fused-ring (bicyclic) bond motifs is 1. The van der Waals surface area contributed by atoms with Crippen LogP contribution in [0.25, 0.3) is 0 Å². The molecular formula is C24H23ClN2O5S. The number of aliphatic carboxylic acids is 1. The Morgan fingerprint density at radius 3 is 2.42 bits per heavy atom. The lowest BCUT2D eigenvalue weighted by atomic mass is 9.98. The number of nitrogens with zero attached hydrogens (tertiary/aromatic N) is 1. The number of benzene rings is 2. The van der Waals surface area contributed by atoms with Crippen molar-refractivity contribution in [2.75, 3.05) is 13.0 Å². The normalized spacial score (nSPS) is 21.8. The van der Waals surface area contributed by atoms with Gasteiger partial charge < -0.3 is 15.2 Å². The second-order valence-corrected chi connectivity index (χ2v) is 9.39. The molecule has 9 heteroatoms. The number of thioether (sulfide) groups is 1. The van der Waals surface area contributed by atoms with E-state index in [-0.39, 0.29) is 29.2 Å². The van der Waals surface area contributed by atoms with Crippen LogP contribution in [0.15, 0.2) is 65.9 Å². The van der Waals surface area contributed by atoms with Crippen LogP contribution in [0.2, 0.25) is 0 Å². The SMILES string of the molecule is COc1ccc(CC2S[C@@H]3C(NC(=O)Cc4ccccc4)C(=O)N3C(C(=O)O)=C2CCl)cc1. The fraction of sp³-hybridized carbons (Fsp3) is 0.292. The molecule has 1 saturated heterocycles. The molecule has 2 unspecified atom stereocenters. The highest BCUT2D eigenvalue weighted by Gasteiger charge is 2.56. The van der Waals surface area contributed by atoms with Crippen LogP contribution in [0.4, 0.5) is 0 Å². The van der Waals surface area contributed by atoms with Gasteiger partial charge in [-0.25, -0.2) is 4.79 Å². The first kappa shape index (κ1) is 23.2. The summed E-state index contributed by atoms with van der Waals surface area (Å²) in [6.07, 6.45) is 0.683. The summed E-state index contributed by atoms with van der Waals surface area (Å²) < 4.78 is 5.20. The minimum Gasteiger partial charge on any atom is -0.497 e. The van der Waals surface area contributed by atoms with Gasteiger partial charge in [-0.05, 0) is 35.3 Å². The van der Waals surface area contributed by atoms with Gasteiger partial charge in [0.2, 0.25) is 5.91 Å². The molecule has 2 amide bonds. The van der Waals surface area contributed by atoms with Crippen molar-refractivity contribution in [3.63, 3.8) is 0 Å². The molecule has 7 nitrogen and oxygen atoms in total. The molecule has 0 spiro atoms. The van der Waals surface area contributed by atoms with Gasteiger partial charge in [-0.2, -0.15) is 0 Å². The number of hydrogen-bond donors (Lipinski definition) is 2. The van der Waals surface area contributed by atoms with Gasteiger partial charge in [-0.15, -0.1) is 23.4 Å². The molecule has 2 aromatic rings. The van der Waals surface area contributed by atoms with Gasteiger partial charge in [-0.1, -0.05) is 42.5 Å². The molecule has 2 heterocycles. The molecule has 0 radical (unpaired) electrons. The molecule has 2 aliphatic heterocycles. The van der Waals surface area contributed by atoms with Crippen LogP contribution in [0.5, 0.6) is 5.75 Å². The van der Waals surface area contributed by atoms with Crippen molar-refractivity contribution < 1.29 is 24.2 Å². The maximum absolute atomic E-state index is 12.8. The third-order valence-electron chi connectivity index (χ3n) is 5.73. The van der Waals surface area contributed by atoms with E-state index in [1.807, 2.05) is 54.6 Å². The predicted octanol–water partition coefficient (Wildman–Crippen LogP) is 2.83. The molecule has 33 heavy (non-hydrogen) atoms. The summed E-state index contributed by atoms with van der Waals surface area (Å²) in [4.78, 5) is 38.7. The molecule has 2 N–H and O–H groups in total. The number of carboxylic acid groups (broad SMARTS) is 1. The summed E-state index contributed by atoms with van der Waals surface area (Å²) in [5, 5.41) is 11.9. The van der Waals surface area contributed by atoms with E-state index in [4.69, 9.17) is 16.3 Å². The molecule has 4 rings (SSSR count). The van der Waals surface area contributed by atoms with Crippen LogP contribution >= 0.6 is 23.4 Å². The Bertz CT molecular complexity index is 1090. The zero-order valence-electron chi connectivity index (χ0n) is 17.9. The number of carbonyl (C=O) groups excluding carboxylic acids is 2.